The maximum atomic E-state index is 12.4. The third kappa shape index (κ3) is 2.59. The molecule has 2 aliphatic rings. The van der Waals surface area contributed by atoms with Crippen LogP contribution in [0.15, 0.2) is 24.3 Å². The first-order valence-electron chi connectivity index (χ1n) is 6.90. The number of hydrogen-bond acceptors (Lipinski definition) is 3. The first-order chi connectivity index (χ1) is 9.16. The summed E-state index contributed by atoms with van der Waals surface area (Å²) in [6, 6.07) is 7.95. The van der Waals surface area contributed by atoms with Crippen LogP contribution < -0.4 is 15.4 Å². The average Bonchev–Trinajstić information content (AvgIpc) is 2.84. The number of ether oxygens (including phenoxy) is 1. The predicted octanol–water partition coefficient (Wildman–Crippen LogP) is 1.11. The summed E-state index contributed by atoms with van der Waals surface area (Å²) in [5, 5.41) is 6.47. The zero-order chi connectivity index (χ0) is 13.3. The molecule has 102 valence electrons. The van der Waals surface area contributed by atoms with Crippen LogP contribution in [0.1, 0.15) is 18.9 Å². The van der Waals surface area contributed by atoms with Crippen LogP contribution in [0.5, 0.6) is 5.75 Å². The molecule has 4 heteroatoms. The molecule has 1 aromatic rings. The van der Waals surface area contributed by atoms with Crippen LogP contribution in [0.4, 0.5) is 0 Å². The molecular formula is C15H20N2O2. The van der Waals surface area contributed by atoms with E-state index >= 15 is 0 Å². The third-order valence-corrected chi connectivity index (χ3v) is 4.04. The number of rotatable bonds is 2. The Balaban J connectivity index is 1.66. The Morgan fingerprint density at radius 1 is 1.47 bits per heavy atom. The Labute approximate surface area is 113 Å². The first kappa shape index (κ1) is 12.5. The van der Waals surface area contributed by atoms with E-state index in [0.717, 1.165) is 37.2 Å². The molecule has 1 fully saturated rings. The second-order valence-electron chi connectivity index (χ2n) is 5.80. The van der Waals surface area contributed by atoms with Gasteiger partial charge in [-0.3, -0.25) is 4.79 Å². The minimum absolute atomic E-state index is 0.0766. The van der Waals surface area contributed by atoms with Crippen molar-refractivity contribution in [2.75, 3.05) is 19.7 Å². The van der Waals surface area contributed by atoms with E-state index in [-0.39, 0.29) is 17.4 Å². The number of amides is 1. The number of benzene rings is 1. The summed E-state index contributed by atoms with van der Waals surface area (Å²) in [7, 11) is 0. The van der Waals surface area contributed by atoms with Crippen LogP contribution in [-0.2, 0) is 11.2 Å². The van der Waals surface area contributed by atoms with Crippen molar-refractivity contribution in [2.45, 2.75) is 25.3 Å². The van der Waals surface area contributed by atoms with E-state index in [1.54, 1.807) is 0 Å². The Bertz CT molecular complexity index is 481. The summed E-state index contributed by atoms with van der Waals surface area (Å²) in [5.74, 6) is 0.952. The van der Waals surface area contributed by atoms with Crippen molar-refractivity contribution in [3.63, 3.8) is 0 Å². The molecule has 2 N–H and O–H groups in total. The van der Waals surface area contributed by atoms with Gasteiger partial charge in [-0.1, -0.05) is 18.2 Å². The summed E-state index contributed by atoms with van der Waals surface area (Å²) in [6.45, 7) is 4.40. The van der Waals surface area contributed by atoms with Crippen LogP contribution >= 0.6 is 0 Å². The number of carbonyl (C=O) groups excluding carboxylic acids is 1. The van der Waals surface area contributed by atoms with Gasteiger partial charge in [0.25, 0.3) is 0 Å². The van der Waals surface area contributed by atoms with E-state index in [1.165, 1.54) is 0 Å². The molecule has 2 aliphatic heterocycles. The normalized spacial score (nSPS) is 29.4. The van der Waals surface area contributed by atoms with Gasteiger partial charge < -0.3 is 15.4 Å². The smallest absolute Gasteiger partial charge is 0.227 e. The maximum absolute atomic E-state index is 12.4. The molecular weight excluding hydrogens is 240 g/mol. The van der Waals surface area contributed by atoms with Crippen LogP contribution in [0, 0.1) is 5.92 Å². The maximum Gasteiger partial charge on any atom is 0.227 e. The highest BCUT2D eigenvalue weighted by atomic mass is 16.5. The zero-order valence-corrected chi connectivity index (χ0v) is 11.2. The first-order valence-corrected chi connectivity index (χ1v) is 6.90. The predicted molar refractivity (Wildman–Crippen MR) is 73.2 cm³/mol. The van der Waals surface area contributed by atoms with Crippen LogP contribution in [0.2, 0.25) is 0 Å². The number of fused-ring (bicyclic) bond motifs is 1. The minimum atomic E-state index is -0.103. The largest absolute Gasteiger partial charge is 0.492 e. The van der Waals surface area contributed by atoms with Crippen molar-refractivity contribution in [3.8, 4) is 5.75 Å². The third-order valence-electron chi connectivity index (χ3n) is 4.04. The molecule has 3 rings (SSSR count). The molecule has 0 saturated carbocycles. The summed E-state index contributed by atoms with van der Waals surface area (Å²) in [6.07, 6.45) is 1.76. The average molecular weight is 260 g/mol. The van der Waals surface area contributed by atoms with E-state index in [1.807, 2.05) is 24.3 Å². The van der Waals surface area contributed by atoms with Crippen LogP contribution in [0.3, 0.4) is 0 Å². The van der Waals surface area contributed by atoms with Crippen molar-refractivity contribution >= 4 is 5.91 Å². The van der Waals surface area contributed by atoms with Crippen molar-refractivity contribution < 1.29 is 9.53 Å². The lowest BCUT2D eigenvalue weighted by molar-refractivity contribution is -0.127. The van der Waals surface area contributed by atoms with Gasteiger partial charge in [0.15, 0.2) is 0 Å². The number of para-hydroxylation sites is 1. The molecule has 19 heavy (non-hydrogen) atoms. The fourth-order valence-corrected chi connectivity index (χ4v) is 2.82. The lowest BCUT2D eigenvalue weighted by Crippen LogP contribution is -2.51. The van der Waals surface area contributed by atoms with E-state index in [4.69, 9.17) is 4.74 Å². The highest BCUT2D eigenvalue weighted by Crippen LogP contribution is 2.27. The summed E-state index contributed by atoms with van der Waals surface area (Å²) in [4.78, 5) is 12.4. The fourth-order valence-electron chi connectivity index (χ4n) is 2.82. The van der Waals surface area contributed by atoms with E-state index in [0.29, 0.717) is 6.61 Å². The van der Waals surface area contributed by atoms with Gasteiger partial charge in [-0.25, -0.2) is 0 Å². The molecule has 1 aromatic carbocycles. The quantitative estimate of drug-likeness (QED) is 0.837. The monoisotopic (exact) mass is 260 g/mol. The standard InChI is InChI=1S/C15H20N2O2/c1-15(6-7-16-10-15)17-14(18)12-8-11-4-2-3-5-13(11)19-9-12/h2-5,12,16H,6-10H2,1H3,(H,17,18). The Hall–Kier alpha value is -1.55. The van der Waals surface area contributed by atoms with Crippen molar-refractivity contribution in [1.82, 2.24) is 10.6 Å². The molecule has 0 aromatic heterocycles. The van der Waals surface area contributed by atoms with Gasteiger partial charge in [0, 0.05) is 6.54 Å². The highest BCUT2D eigenvalue weighted by molar-refractivity contribution is 5.80. The Morgan fingerprint density at radius 3 is 3.11 bits per heavy atom. The van der Waals surface area contributed by atoms with Crippen LogP contribution in [0.25, 0.3) is 0 Å². The van der Waals surface area contributed by atoms with E-state index < -0.39 is 0 Å². The van der Waals surface area contributed by atoms with Gasteiger partial charge in [0.1, 0.15) is 12.4 Å². The summed E-state index contributed by atoms with van der Waals surface area (Å²) >= 11 is 0. The van der Waals surface area contributed by atoms with E-state index in [2.05, 4.69) is 17.6 Å². The molecule has 0 radical (unpaired) electrons. The van der Waals surface area contributed by atoms with Gasteiger partial charge >= 0.3 is 0 Å². The Kier molecular flexibility index (Phi) is 3.19. The van der Waals surface area contributed by atoms with Gasteiger partial charge in [-0.05, 0) is 37.9 Å². The minimum Gasteiger partial charge on any atom is -0.492 e. The van der Waals surface area contributed by atoms with Gasteiger partial charge in [-0.2, -0.15) is 0 Å². The molecule has 1 amide bonds. The molecule has 2 unspecified atom stereocenters. The van der Waals surface area contributed by atoms with E-state index in [9.17, 15) is 4.79 Å². The van der Waals surface area contributed by atoms with Gasteiger partial charge in [0.05, 0.1) is 11.5 Å². The topological polar surface area (TPSA) is 50.4 Å². The highest BCUT2D eigenvalue weighted by Gasteiger charge is 2.34. The van der Waals surface area contributed by atoms with Crippen molar-refractivity contribution in [2.24, 2.45) is 5.92 Å². The molecule has 2 atom stereocenters. The molecule has 2 heterocycles. The molecule has 0 aliphatic carbocycles. The zero-order valence-electron chi connectivity index (χ0n) is 11.2. The molecule has 0 spiro atoms. The SMILES string of the molecule is CC1(NC(=O)C2COc3ccccc3C2)CCNC1. The lowest BCUT2D eigenvalue weighted by Gasteiger charge is -2.30. The number of nitrogens with one attached hydrogen (secondary N) is 2. The fraction of sp³-hybridized carbons (Fsp3) is 0.533. The lowest BCUT2D eigenvalue weighted by atomic mass is 9.94. The summed E-state index contributed by atoms with van der Waals surface area (Å²) in [5.41, 5.74) is 1.03. The summed E-state index contributed by atoms with van der Waals surface area (Å²) < 4.78 is 5.68. The number of hydrogen-bond donors (Lipinski definition) is 2. The molecule has 1 saturated heterocycles. The van der Waals surface area contributed by atoms with Gasteiger partial charge in [-0.15, -0.1) is 0 Å². The number of carbonyl (C=O) groups is 1. The molecule has 4 nitrogen and oxygen atoms in total. The van der Waals surface area contributed by atoms with Crippen molar-refractivity contribution in [3.05, 3.63) is 29.8 Å². The second-order valence-corrected chi connectivity index (χ2v) is 5.80. The van der Waals surface area contributed by atoms with Crippen LogP contribution in [-0.4, -0.2) is 31.1 Å². The Morgan fingerprint density at radius 2 is 2.32 bits per heavy atom. The van der Waals surface area contributed by atoms with Crippen molar-refractivity contribution in [1.29, 1.82) is 0 Å². The second kappa shape index (κ2) is 4.85. The van der Waals surface area contributed by atoms with Gasteiger partial charge in [0.2, 0.25) is 5.91 Å². The molecule has 0 bridgehead atoms.